The van der Waals surface area contributed by atoms with Crippen LogP contribution in [0.5, 0.6) is 5.88 Å². The number of pyridine rings is 1. The summed E-state index contributed by atoms with van der Waals surface area (Å²) in [5.74, 6) is 1.38. The van der Waals surface area contributed by atoms with Crippen LogP contribution in [-0.2, 0) is 13.6 Å². The number of carbonyl (C=O) groups is 1. The fourth-order valence-electron chi connectivity index (χ4n) is 2.37. The lowest BCUT2D eigenvalue weighted by atomic mass is 10.2. The maximum Gasteiger partial charge on any atom is 0.319 e. The first-order valence-corrected chi connectivity index (χ1v) is 7.77. The molecule has 128 valence electrons. The molecule has 0 fully saturated rings. The maximum atomic E-state index is 12.1. The lowest BCUT2D eigenvalue weighted by molar-refractivity contribution is 0.251. The van der Waals surface area contributed by atoms with Crippen molar-refractivity contribution in [2.24, 2.45) is 7.05 Å². The largest absolute Gasteiger partial charge is 0.481 e. The second-order valence-corrected chi connectivity index (χ2v) is 5.46. The lowest BCUT2D eigenvalue weighted by Gasteiger charge is -2.09. The van der Waals surface area contributed by atoms with Gasteiger partial charge in [0.15, 0.2) is 0 Å². The van der Waals surface area contributed by atoms with Gasteiger partial charge in [0, 0.05) is 49.5 Å². The van der Waals surface area contributed by atoms with Crippen LogP contribution in [-0.4, -0.2) is 27.7 Å². The number of carbonyl (C=O) groups excluding carboxylic acids is 1. The van der Waals surface area contributed by atoms with Gasteiger partial charge in [0.05, 0.1) is 7.11 Å². The van der Waals surface area contributed by atoms with Crippen molar-refractivity contribution in [3.8, 4) is 17.3 Å². The number of methoxy groups -OCH3 is 1. The van der Waals surface area contributed by atoms with Crippen LogP contribution >= 0.6 is 0 Å². The van der Waals surface area contributed by atoms with Crippen LogP contribution in [0, 0.1) is 0 Å². The Balaban J connectivity index is 1.60. The van der Waals surface area contributed by atoms with Crippen molar-refractivity contribution >= 4 is 11.7 Å². The van der Waals surface area contributed by atoms with E-state index >= 15 is 0 Å². The fourth-order valence-corrected chi connectivity index (χ4v) is 2.37. The zero-order valence-electron chi connectivity index (χ0n) is 14.1. The Morgan fingerprint density at radius 2 is 2.12 bits per heavy atom. The van der Waals surface area contributed by atoms with Crippen molar-refractivity contribution in [1.82, 2.24) is 19.9 Å². The molecule has 0 aliphatic rings. The number of nitrogens with zero attached hydrogens (tertiary/aromatic N) is 3. The normalized spacial score (nSPS) is 10.3. The molecular formula is C18H19N5O2. The van der Waals surface area contributed by atoms with E-state index in [-0.39, 0.29) is 6.03 Å². The highest BCUT2D eigenvalue weighted by Gasteiger charge is 2.06. The molecule has 2 aromatic heterocycles. The molecule has 25 heavy (non-hydrogen) atoms. The van der Waals surface area contributed by atoms with E-state index in [4.69, 9.17) is 4.74 Å². The van der Waals surface area contributed by atoms with E-state index < -0.39 is 0 Å². The monoisotopic (exact) mass is 337 g/mol. The molecule has 0 spiro atoms. The van der Waals surface area contributed by atoms with E-state index in [1.54, 1.807) is 25.6 Å². The minimum Gasteiger partial charge on any atom is -0.481 e. The Kier molecular flexibility index (Phi) is 4.94. The van der Waals surface area contributed by atoms with Gasteiger partial charge in [0.25, 0.3) is 0 Å². The molecule has 2 N–H and O–H groups in total. The van der Waals surface area contributed by atoms with Crippen LogP contribution in [0.3, 0.4) is 0 Å². The zero-order chi connectivity index (χ0) is 17.6. The molecule has 0 aliphatic carbocycles. The summed E-state index contributed by atoms with van der Waals surface area (Å²) >= 11 is 0. The molecule has 7 nitrogen and oxygen atoms in total. The minimum atomic E-state index is -0.284. The number of ether oxygens (including phenoxy) is 1. The molecular weight excluding hydrogens is 318 g/mol. The van der Waals surface area contributed by atoms with Crippen molar-refractivity contribution in [3.63, 3.8) is 0 Å². The van der Waals surface area contributed by atoms with Crippen molar-refractivity contribution < 1.29 is 9.53 Å². The summed E-state index contributed by atoms with van der Waals surface area (Å²) in [5, 5.41) is 5.62. The maximum absolute atomic E-state index is 12.1. The number of anilines is 1. The van der Waals surface area contributed by atoms with Gasteiger partial charge < -0.3 is 19.9 Å². The fraction of sp³-hybridized carbons (Fsp3) is 0.167. The Hall–Kier alpha value is -3.35. The zero-order valence-corrected chi connectivity index (χ0v) is 14.1. The highest BCUT2D eigenvalue weighted by Crippen LogP contribution is 2.20. The van der Waals surface area contributed by atoms with E-state index in [2.05, 4.69) is 20.6 Å². The van der Waals surface area contributed by atoms with Crippen molar-refractivity contribution in [3.05, 3.63) is 60.6 Å². The molecule has 0 atom stereocenters. The standard InChI is InChI=1S/C18H19N5O2/c1-23-9-8-19-17(23)14-4-3-5-15(10-14)22-18(24)21-12-13-6-7-16(25-2)20-11-13/h3-11H,12H2,1-2H3,(H2,21,22,24). The van der Waals surface area contributed by atoms with Gasteiger partial charge in [-0.2, -0.15) is 0 Å². The van der Waals surface area contributed by atoms with E-state index in [9.17, 15) is 4.79 Å². The molecule has 1 aromatic carbocycles. The smallest absolute Gasteiger partial charge is 0.319 e. The summed E-state index contributed by atoms with van der Waals surface area (Å²) in [7, 11) is 3.49. The molecule has 2 heterocycles. The van der Waals surface area contributed by atoms with Crippen molar-refractivity contribution in [2.45, 2.75) is 6.54 Å². The van der Waals surface area contributed by atoms with Gasteiger partial charge in [-0.3, -0.25) is 0 Å². The molecule has 2 amide bonds. The van der Waals surface area contributed by atoms with Crippen LogP contribution in [0.4, 0.5) is 10.5 Å². The number of nitrogens with one attached hydrogen (secondary N) is 2. The lowest BCUT2D eigenvalue weighted by Crippen LogP contribution is -2.28. The van der Waals surface area contributed by atoms with Gasteiger partial charge >= 0.3 is 6.03 Å². The molecule has 0 aliphatic heterocycles. The third-order valence-electron chi connectivity index (χ3n) is 3.66. The average Bonchev–Trinajstić information content (AvgIpc) is 3.06. The predicted octanol–water partition coefficient (Wildman–Crippen LogP) is 2.81. The molecule has 0 bridgehead atoms. The van der Waals surface area contributed by atoms with Gasteiger partial charge in [0.2, 0.25) is 5.88 Å². The number of hydrogen-bond acceptors (Lipinski definition) is 4. The molecule has 3 rings (SSSR count). The SMILES string of the molecule is COc1ccc(CNC(=O)Nc2cccc(-c3nccn3C)c2)cn1. The number of aromatic nitrogens is 3. The summed E-state index contributed by atoms with van der Waals surface area (Å²) < 4.78 is 6.93. The van der Waals surface area contributed by atoms with E-state index in [0.29, 0.717) is 18.1 Å². The van der Waals surface area contributed by atoms with Crippen molar-refractivity contribution in [2.75, 3.05) is 12.4 Å². The molecule has 0 radical (unpaired) electrons. The Labute approximate surface area is 145 Å². The summed E-state index contributed by atoms with van der Waals surface area (Å²) in [6, 6.07) is 10.9. The topological polar surface area (TPSA) is 81.1 Å². The number of hydrogen-bond donors (Lipinski definition) is 2. The van der Waals surface area contributed by atoms with Gasteiger partial charge in [-0.1, -0.05) is 18.2 Å². The summed E-state index contributed by atoms with van der Waals surface area (Å²) in [6.07, 6.45) is 5.29. The van der Waals surface area contributed by atoms with E-state index in [1.165, 1.54) is 0 Å². The van der Waals surface area contributed by atoms with Gasteiger partial charge in [-0.25, -0.2) is 14.8 Å². The third-order valence-corrected chi connectivity index (χ3v) is 3.66. The molecule has 3 aromatic rings. The highest BCUT2D eigenvalue weighted by atomic mass is 16.5. The Morgan fingerprint density at radius 3 is 2.80 bits per heavy atom. The number of benzene rings is 1. The van der Waals surface area contributed by atoms with Gasteiger partial charge in [-0.05, 0) is 17.7 Å². The van der Waals surface area contributed by atoms with Crippen LogP contribution in [0.15, 0.2) is 55.0 Å². The second kappa shape index (κ2) is 7.48. The summed E-state index contributed by atoms with van der Waals surface area (Å²) in [6.45, 7) is 0.377. The first-order chi connectivity index (χ1) is 12.2. The molecule has 7 heteroatoms. The van der Waals surface area contributed by atoms with Gasteiger partial charge in [0.1, 0.15) is 5.82 Å². The number of rotatable bonds is 5. The summed E-state index contributed by atoms with van der Waals surface area (Å²) in [5.41, 5.74) is 2.52. The molecule has 0 saturated carbocycles. The van der Waals surface area contributed by atoms with E-state index in [1.807, 2.05) is 48.1 Å². The van der Waals surface area contributed by atoms with Crippen LogP contribution < -0.4 is 15.4 Å². The number of aryl methyl sites for hydroxylation is 1. The quantitative estimate of drug-likeness (QED) is 0.750. The predicted molar refractivity (Wildman–Crippen MR) is 95.3 cm³/mol. The van der Waals surface area contributed by atoms with Crippen molar-refractivity contribution in [1.29, 1.82) is 0 Å². The second-order valence-electron chi connectivity index (χ2n) is 5.46. The number of urea groups is 1. The third kappa shape index (κ3) is 4.14. The number of amides is 2. The van der Waals surface area contributed by atoms with Crippen LogP contribution in [0.25, 0.3) is 11.4 Å². The highest BCUT2D eigenvalue weighted by molar-refractivity contribution is 5.89. The van der Waals surface area contributed by atoms with Crippen LogP contribution in [0.2, 0.25) is 0 Å². The van der Waals surface area contributed by atoms with Gasteiger partial charge in [-0.15, -0.1) is 0 Å². The first kappa shape index (κ1) is 16.5. The first-order valence-electron chi connectivity index (χ1n) is 7.77. The average molecular weight is 337 g/mol. The van der Waals surface area contributed by atoms with Crippen LogP contribution in [0.1, 0.15) is 5.56 Å². The molecule has 0 saturated heterocycles. The molecule has 0 unspecified atom stereocenters. The Bertz CT molecular complexity index is 858. The minimum absolute atomic E-state index is 0.284. The summed E-state index contributed by atoms with van der Waals surface area (Å²) in [4.78, 5) is 20.5. The Morgan fingerprint density at radius 1 is 1.24 bits per heavy atom. The number of imidazole rings is 1. The van der Waals surface area contributed by atoms with E-state index in [0.717, 1.165) is 17.0 Å².